The highest BCUT2D eigenvalue weighted by molar-refractivity contribution is 6.42. The van der Waals surface area contributed by atoms with Gasteiger partial charge in [-0.15, -0.1) is 12.4 Å². The number of rotatable bonds is 8. The Kier molecular flexibility index (Phi) is 11.6. The van der Waals surface area contributed by atoms with Crippen molar-refractivity contribution in [3.8, 4) is 0 Å². The van der Waals surface area contributed by atoms with E-state index in [0.29, 0.717) is 16.6 Å². The smallest absolute Gasteiger partial charge is 0.318 e. The molecule has 0 bridgehead atoms. The van der Waals surface area contributed by atoms with Crippen LogP contribution in [0.2, 0.25) is 10.0 Å². The highest BCUT2D eigenvalue weighted by Crippen LogP contribution is 2.44. The van der Waals surface area contributed by atoms with Crippen LogP contribution in [-0.2, 0) is 11.0 Å². The van der Waals surface area contributed by atoms with Crippen molar-refractivity contribution in [2.24, 2.45) is 0 Å². The lowest BCUT2D eigenvalue weighted by atomic mass is 9.70. The third-order valence-electron chi connectivity index (χ3n) is 10.3. The van der Waals surface area contributed by atoms with Gasteiger partial charge in [0.05, 0.1) is 15.6 Å². The number of carbonyl (C=O) groups excluding carboxylic acids is 2. The number of benzene rings is 3. The van der Waals surface area contributed by atoms with Gasteiger partial charge in [-0.2, -0.15) is 0 Å². The average molecular weight is 684 g/mol. The van der Waals surface area contributed by atoms with Crippen molar-refractivity contribution < 1.29 is 9.59 Å². The molecule has 46 heavy (non-hydrogen) atoms. The maximum atomic E-state index is 13.6. The highest BCUT2D eigenvalue weighted by Gasteiger charge is 2.42. The van der Waals surface area contributed by atoms with E-state index in [2.05, 4.69) is 40.5 Å². The first-order chi connectivity index (χ1) is 21.9. The van der Waals surface area contributed by atoms with E-state index >= 15 is 0 Å². The van der Waals surface area contributed by atoms with Crippen LogP contribution in [0.3, 0.4) is 0 Å². The Morgan fingerprint density at radius 1 is 0.739 bits per heavy atom. The fraction of sp³-hybridized carbons (Fsp3) is 0.459. The lowest BCUT2D eigenvalue weighted by molar-refractivity contribution is 0.0616. The van der Waals surface area contributed by atoms with Crippen LogP contribution in [-0.4, -0.2) is 72.5 Å². The Morgan fingerprint density at radius 3 is 2.09 bits per heavy atom. The SMILES string of the molecule is Cl.O=C(NC1(c2ccccc2)CCN(CCCC2(c3cccc(Cl)c3Cl)CCCN(C(=O)c3ccccc3)C2)CC1)N1CCCC1. The molecule has 1 unspecified atom stereocenters. The molecule has 0 saturated carbocycles. The quantitative estimate of drug-likeness (QED) is 0.261. The summed E-state index contributed by atoms with van der Waals surface area (Å²) in [6.07, 6.45) is 7.70. The standard InChI is InChI=1S/C37H44Cl2N4O2.ClH/c38-32-17-9-16-31(33(32)39)36(19-11-25-43(28-36)34(44)29-12-3-1-4-13-29)18-10-22-41-26-20-37(21-27-41,30-14-5-2-6-15-30)40-35(45)42-23-7-8-24-42;/h1-6,9,12-17H,7-8,10-11,18-28H2,(H,40,45);1H. The van der Waals surface area contributed by atoms with Gasteiger partial charge in [0, 0.05) is 50.2 Å². The predicted octanol–water partition coefficient (Wildman–Crippen LogP) is 8.17. The number of nitrogens with zero attached hydrogens (tertiary/aromatic N) is 3. The first-order valence-corrected chi connectivity index (χ1v) is 17.3. The van der Waals surface area contributed by atoms with E-state index in [1.165, 1.54) is 5.56 Å². The second kappa shape index (κ2) is 15.4. The third kappa shape index (κ3) is 7.52. The molecule has 246 valence electrons. The second-order valence-corrected chi connectivity index (χ2v) is 13.9. The second-order valence-electron chi connectivity index (χ2n) is 13.1. The molecule has 0 radical (unpaired) electrons. The van der Waals surface area contributed by atoms with E-state index in [-0.39, 0.29) is 35.3 Å². The van der Waals surface area contributed by atoms with Crippen molar-refractivity contribution in [3.63, 3.8) is 0 Å². The van der Waals surface area contributed by atoms with Gasteiger partial charge in [-0.3, -0.25) is 4.79 Å². The molecule has 1 atom stereocenters. The molecule has 3 aliphatic rings. The number of amides is 3. The summed E-state index contributed by atoms with van der Waals surface area (Å²) < 4.78 is 0. The van der Waals surface area contributed by atoms with E-state index in [1.54, 1.807) is 0 Å². The number of hydrogen-bond donors (Lipinski definition) is 1. The van der Waals surface area contributed by atoms with Gasteiger partial charge in [-0.1, -0.05) is 83.9 Å². The number of halogens is 3. The van der Waals surface area contributed by atoms with Crippen LogP contribution in [0.25, 0.3) is 0 Å². The zero-order chi connectivity index (χ0) is 31.3. The topological polar surface area (TPSA) is 55.9 Å². The van der Waals surface area contributed by atoms with Crippen molar-refractivity contribution in [1.82, 2.24) is 20.0 Å². The Balaban J connectivity index is 0.00000417. The molecule has 9 heteroatoms. The maximum absolute atomic E-state index is 13.6. The fourth-order valence-corrected chi connectivity index (χ4v) is 8.29. The fourth-order valence-electron chi connectivity index (χ4n) is 7.79. The van der Waals surface area contributed by atoms with Gasteiger partial charge in [0.1, 0.15) is 0 Å². The van der Waals surface area contributed by atoms with Crippen LogP contribution in [0.15, 0.2) is 78.9 Å². The summed E-state index contributed by atoms with van der Waals surface area (Å²) >= 11 is 13.4. The lowest BCUT2D eigenvalue weighted by Crippen LogP contribution is -2.56. The van der Waals surface area contributed by atoms with Crippen molar-refractivity contribution in [3.05, 3.63) is 106 Å². The van der Waals surface area contributed by atoms with Crippen LogP contribution in [0.5, 0.6) is 0 Å². The molecule has 6 rings (SSSR count). The molecule has 3 fully saturated rings. The molecule has 6 nitrogen and oxygen atoms in total. The molecule has 3 heterocycles. The summed E-state index contributed by atoms with van der Waals surface area (Å²) in [7, 11) is 0. The van der Waals surface area contributed by atoms with Gasteiger partial charge in [-0.05, 0) is 87.2 Å². The largest absolute Gasteiger partial charge is 0.338 e. The van der Waals surface area contributed by atoms with Crippen LogP contribution >= 0.6 is 35.6 Å². The maximum Gasteiger partial charge on any atom is 0.318 e. The highest BCUT2D eigenvalue weighted by atomic mass is 35.5. The molecule has 3 aromatic rings. The van der Waals surface area contributed by atoms with Crippen LogP contribution in [0.1, 0.15) is 72.9 Å². The molecule has 0 spiro atoms. The Hall–Kier alpha value is -2.77. The van der Waals surface area contributed by atoms with Crippen molar-refractivity contribution >= 4 is 47.5 Å². The van der Waals surface area contributed by atoms with E-state index in [4.69, 9.17) is 23.2 Å². The van der Waals surface area contributed by atoms with Crippen molar-refractivity contribution in [1.29, 1.82) is 0 Å². The number of piperidine rings is 2. The van der Waals surface area contributed by atoms with Crippen LogP contribution < -0.4 is 5.32 Å². The Morgan fingerprint density at radius 2 is 1.39 bits per heavy atom. The summed E-state index contributed by atoms with van der Waals surface area (Å²) in [6, 6.07) is 26.0. The zero-order valence-corrected chi connectivity index (χ0v) is 28.8. The minimum Gasteiger partial charge on any atom is -0.338 e. The predicted molar refractivity (Wildman–Crippen MR) is 189 cm³/mol. The first kappa shape index (κ1) is 34.6. The number of nitrogens with one attached hydrogen (secondary N) is 1. The average Bonchev–Trinajstić information content (AvgIpc) is 3.63. The summed E-state index contributed by atoms with van der Waals surface area (Å²) in [4.78, 5) is 33.3. The molecule has 3 aromatic carbocycles. The van der Waals surface area contributed by atoms with Crippen molar-refractivity contribution in [2.75, 3.05) is 45.8 Å². The monoisotopic (exact) mass is 682 g/mol. The van der Waals surface area contributed by atoms with Gasteiger partial charge in [0.25, 0.3) is 5.91 Å². The minimum atomic E-state index is -0.353. The lowest BCUT2D eigenvalue weighted by Gasteiger charge is -2.45. The molecule has 3 amide bonds. The number of hydrogen-bond acceptors (Lipinski definition) is 3. The van der Waals surface area contributed by atoms with Gasteiger partial charge in [0.2, 0.25) is 0 Å². The summed E-state index contributed by atoms with van der Waals surface area (Å²) in [5.41, 5.74) is 2.34. The Bertz CT molecular complexity index is 1460. The van der Waals surface area contributed by atoms with Crippen LogP contribution in [0, 0.1) is 0 Å². The number of carbonyl (C=O) groups is 2. The number of urea groups is 1. The van der Waals surface area contributed by atoms with E-state index in [9.17, 15) is 9.59 Å². The van der Waals surface area contributed by atoms with Gasteiger partial charge in [0.15, 0.2) is 0 Å². The minimum absolute atomic E-state index is 0. The number of likely N-dealkylation sites (tertiary alicyclic amines) is 3. The summed E-state index contributed by atoms with van der Waals surface area (Å²) in [6.45, 7) is 5.84. The molecule has 3 aliphatic heterocycles. The van der Waals surface area contributed by atoms with Crippen LogP contribution in [0.4, 0.5) is 4.79 Å². The molecular weight excluding hydrogens is 639 g/mol. The van der Waals surface area contributed by atoms with E-state index in [1.807, 2.05) is 58.3 Å². The third-order valence-corrected chi connectivity index (χ3v) is 11.1. The Labute approximate surface area is 289 Å². The molecule has 3 saturated heterocycles. The van der Waals surface area contributed by atoms with E-state index < -0.39 is 0 Å². The zero-order valence-electron chi connectivity index (χ0n) is 26.4. The molecule has 1 N–H and O–H groups in total. The van der Waals surface area contributed by atoms with E-state index in [0.717, 1.165) is 102 Å². The summed E-state index contributed by atoms with van der Waals surface area (Å²) in [5, 5.41) is 4.65. The van der Waals surface area contributed by atoms with Gasteiger partial charge in [-0.25, -0.2) is 4.79 Å². The normalized spacial score (nSPS) is 21.4. The van der Waals surface area contributed by atoms with Gasteiger partial charge >= 0.3 is 6.03 Å². The summed E-state index contributed by atoms with van der Waals surface area (Å²) in [5.74, 6) is 0.0714. The first-order valence-electron chi connectivity index (χ1n) is 16.5. The molecule has 0 aromatic heterocycles. The van der Waals surface area contributed by atoms with Gasteiger partial charge < -0.3 is 20.0 Å². The van der Waals surface area contributed by atoms with Crippen molar-refractivity contribution in [2.45, 2.75) is 62.3 Å². The molecular formula is C37H45Cl3N4O2. The molecule has 0 aliphatic carbocycles.